The molecule has 0 bridgehead atoms. The Balaban J connectivity index is 1.24. The zero-order valence-corrected chi connectivity index (χ0v) is 26.0. The second kappa shape index (κ2) is 9.00. The van der Waals surface area contributed by atoms with Gasteiger partial charge < -0.3 is 0 Å². The van der Waals surface area contributed by atoms with E-state index in [9.17, 15) is 0 Å². The van der Waals surface area contributed by atoms with E-state index in [1.807, 2.05) is 11.8 Å². The maximum atomic E-state index is 2.56. The van der Waals surface area contributed by atoms with Gasteiger partial charge in [0.05, 0.1) is 5.41 Å². The lowest BCUT2D eigenvalue weighted by atomic mass is 9.60. The first kappa shape index (κ1) is 25.1. The van der Waals surface area contributed by atoms with Crippen LogP contribution in [0.3, 0.4) is 0 Å². The summed E-state index contributed by atoms with van der Waals surface area (Å²) in [5.41, 5.74) is 16.3. The molecule has 0 nitrogen and oxygen atoms in total. The van der Waals surface area contributed by atoms with Crippen LogP contribution in [-0.4, -0.2) is 0 Å². The molecule has 0 saturated carbocycles. The van der Waals surface area contributed by atoms with Gasteiger partial charge in [0.2, 0.25) is 0 Å². The summed E-state index contributed by atoms with van der Waals surface area (Å²) >= 11 is 1.91. The SMILES string of the molecule is C1=CC2=C(CC1)c1ccc(-c3cccc4c3-c3cccc5cccc(c35)S4)cc1C21c2ccccc2-c2cccc3cccc1c23. The molecule has 4 aliphatic rings. The van der Waals surface area contributed by atoms with E-state index in [4.69, 9.17) is 0 Å². The summed E-state index contributed by atoms with van der Waals surface area (Å²) in [5.74, 6) is 0. The topological polar surface area (TPSA) is 0 Å². The monoisotopic (exact) mass is 600 g/mol. The van der Waals surface area contributed by atoms with Crippen LogP contribution in [0.1, 0.15) is 35.1 Å². The van der Waals surface area contributed by atoms with Gasteiger partial charge in [0.25, 0.3) is 0 Å². The fourth-order valence-corrected chi connectivity index (χ4v) is 10.4. The number of hydrogen-bond donors (Lipinski definition) is 0. The Labute approximate surface area is 272 Å². The highest BCUT2D eigenvalue weighted by atomic mass is 32.2. The third-order valence-corrected chi connectivity index (χ3v) is 12.1. The summed E-state index contributed by atoms with van der Waals surface area (Å²) < 4.78 is 0. The van der Waals surface area contributed by atoms with Crippen LogP contribution < -0.4 is 0 Å². The van der Waals surface area contributed by atoms with Gasteiger partial charge in [-0.3, -0.25) is 0 Å². The highest BCUT2D eigenvalue weighted by molar-refractivity contribution is 7.99. The van der Waals surface area contributed by atoms with Crippen molar-refractivity contribution in [2.75, 3.05) is 0 Å². The molecule has 3 aliphatic carbocycles. The van der Waals surface area contributed by atoms with Gasteiger partial charge in [0.15, 0.2) is 0 Å². The second-order valence-electron chi connectivity index (χ2n) is 13.0. The zero-order valence-electron chi connectivity index (χ0n) is 25.2. The third kappa shape index (κ3) is 3.02. The average Bonchev–Trinajstić information content (AvgIpc) is 3.40. The van der Waals surface area contributed by atoms with Gasteiger partial charge in [-0.25, -0.2) is 0 Å². The number of fused-ring (bicyclic) bond motifs is 10. The maximum Gasteiger partial charge on any atom is 0.0722 e. The Kier molecular flexibility index (Phi) is 4.91. The van der Waals surface area contributed by atoms with E-state index in [-0.39, 0.29) is 5.41 Å². The molecular weight excluding hydrogens is 573 g/mol. The minimum Gasteiger partial charge on any atom is -0.0888 e. The van der Waals surface area contributed by atoms with Crippen molar-refractivity contribution in [1.29, 1.82) is 0 Å². The lowest BCUT2D eigenvalue weighted by Gasteiger charge is -2.41. The molecule has 7 aromatic rings. The van der Waals surface area contributed by atoms with Crippen molar-refractivity contribution in [3.63, 3.8) is 0 Å². The number of rotatable bonds is 1. The molecule has 1 atom stereocenters. The van der Waals surface area contributed by atoms with E-state index in [1.54, 1.807) is 0 Å². The fourth-order valence-electron chi connectivity index (χ4n) is 9.23. The predicted molar refractivity (Wildman–Crippen MR) is 194 cm³/mol. The molecule has 1 unspecified atom stereocenters. The molecule has 0 N–H and O–H groups in total. The molecule has 1 heteroatoms. The highest BCUT2D eigenvalue weighted by Gasteiger charge is 2.51. The summed E-state index contributed by atoms with van der Waals surface area (Å²) in [4.78, 5) is 2.68. The summed E-state index contributed by atoms with van der Waals surface area (Å²) in [6, 6.07) is 50.8. The van der Waals surface area contributed by atoms with Gasteiger partial charge in [-0.2, -0.15) is 0 Å². The Bertz CT molecular complexity index is 2550. The number of hydrogen-bond acceptors (Lipinski definition) is 1. The third-order valence-electron chi connectivity index (χ3n) is 10.9. The summed E-state index contributed by atoms with van der Waals surface area (Å²) in [7, 11) is 0. The lowest BCUT2D eigenvalue weighted by Crippen LogP contribution is -2.32. The van der Waals surface area contributed by atoms with Crippen molar-refractivity contribution in [1.82, 2.24) is 0 Å². The number of benzene rings is 7. The molecule has 0 saturated heterocycles. The van der Waals surface area contributed by atoms with E-state index in [0.717, 1.165) is 12.8 Å². The van der Waals surface area contributed by atoms with Crippen LogP contribution in [0.15, 0.2) is 161 Å². The molecule has 214 valence electrons. The van der Waals surface area contributed by atoms with Crippen LogP contribution in [0.2, 0.25) is 0 Å². The molecule has 0 amide bonds. The predicted octanol–water partition coefficient (Wildman–Crippen LogP) is 12.2. The Hall–Kier alpha value is -5.11. The van der Waals surface area contributed by atoms with Gasteiger partial charge >= 0.3 is 0 Å². The van der Waals surface area contributed by atoms with Gasteiger partial charge in [0.1, 0.15) is 0 Å². The van der Waals surface area contributed by atoms with Gasteiger partial charge in [-0.05, 0) is 108 Å². The normalized spacial score (nSPS) is 18.1. The van der Waals surface area contributed by atoms with E-state index in [0.29, 0.717) is 0 Å². The molecule has 46 heavy (non-hydrogen) atoms. The average molecular weight is 601 g/mol. The minimum atomic E-state index is -0.363. The van der Waals surface area contributed by atoms with Crippen LogP contribution in [-0.2, 0) is 5.41 Å². The second-order valence-corrected chi connectivity index (χ2v) is 14.1. The van der Waals surface area contributed by atoms with Gasteiger partial charge in [-0.15, -0.1) is 0 Å². The highest BCUT2D eigenvalue weighted by Crippen LogP contribution is 2.63. The van der Waals surface area contributed by atoms with Crippen LogP contribution in [0.5, 0.6) is 0 Å². The summed E-state index contributed by atoms with van der Waals surface area (Å²) in [6.45, 7) is 0. The van der Waals surface area contributed by atoms with Crippen molar-refractivity contribution in [3.8, 4) is 33.4 Å². The summed E-state index contributed by atoms with van der Waals surface area (Å²) in [5, 5.41) is 5.39. The molecule has 1 heterocycles. The minimum absolute atomic E-state index is 0.363. The van der Waals surface area contributed by atoms with E-state index in [2.05, 4.69) is 146 Å². The molecular formula is C45H28S. The molecule has 0 radical (unpaired) electrons. The Morgan fingerprint density at radius 2 is 1.20 bits per heavy atom. The van der Waals surface area contributed by atoms with Crippen LogP contribution in [0.25, 0.3) is 60.5 Å². The molecule has 7 aromatic carbocycles. The molecule has 0 aromatic heterocycles. The van der Waals surface area contributed by atoms with Crippen molar-refractivity contribution in [3.05, 3.63) is 173 Å². The van der Waals surface area contributed by atoms with Crippen LogP contribution in [0.4, 0.5) is 0 Å². The quantitative estimate of drug-likeness (QED) is 0.181. The zero-order chi connectivity index (χ0) is 30.0. The Morgan fingerprint density at radius 1 is 0.500 bits per heavy atom. The first-order valence-electron chi connectivity index (χ1n) is 16.3. The fraction of sp³-hybridized carbons (Fsp3) is 0.0667. The van der Waals surface area contributed by atoms with E-state index >= 15 is 0 Å². The molecule has 1 aliphatic heterocycles. The number of allylic oxidation sites excluding steroid dienone is 4. The molecule has 0 fully saturated rings. The van der Waals surface area contributed by atoms with Crippen LogP contribution in [0, 0.1) is 0 Å². The summed E-state index contributed by atoms with van der Waals surface area (Å²) in [6.07, 6.45) is 7.03. The Morgan fingerprint density at radius 3 is 2.11 bits per heavy atom. The maximum absolute atomic E-state index is 2.56. The standard InChI is InChI=1S/C45H28S/c1-3-19-36-31(14-1)33-25-24-29(30-16-9-23-41-44(30)35-18-6-11-28-13-8-22-40(46-41)43(28)35)26-39(33)45(36)37-20-4-2-15-32(37)34-17-5-10-27-12-7-21-38(45)42(27)34/h2-13,15-26H,1,14H2. The van der Waals surface area contributed by atoms with Crippen molar-refractivity contribution < 1.29 is 0 Å². The van der Waals surface area contributed by atoms with E-state index in [1.165, 1.54) is 98.1 Å². The lowest BCUT2D eigenvalue weighted by molar-refractivity contribution is 0.761. The van der Waals surface area contributed by atoms with E-state index < -0.39 is 0 Å². The van der Waals surface area contributed by atoms with Crippen molar-refractivity contribution >= 4 is 38.9 Å². The molecule has 1 spiro atoms. The molecule has 11 rings (SSSR count). The first-order valence-corrected chi connectivity index (χ1v) is 17.1. The van der Waals surface area contributed by atoms with Crippen LogP contribution >= 0.6 is 11.8 Å². The van der Waals surface area contributed by atoms with Gasteiger partial charge in [-0.1, -0.05) is 139 Å². The largest absolute Gasteiger partial charge is 0.0888 e. The smallest absolute Gasteiger partial charge is 0.0722 e. The van der Waals surface area contributed by atoms with Crippen molar-refractivity contribution in [2.24, 2.45) is 0 Å². The van der Waals surface area contributed by atoms with Gasteiger partial charge in [0, 0.05) is 20.7 Å². The van der Waals surface area contributed by atoms with Crippen molar-refractivity contribution in [2.45, 2.75) is 28.0 Å². The first-order chi connectivity index (χ1) is 22.8.